The van der Waals surface area contributed by atoms with Crippen LogP contribution in [-0.2, 0) is 12.0 Å². The molecule has 0 spiro atoms. The smallest absolute Gasteiger partial charge is 0.148 e. The molecule has 3 aromatic rings. The van der Waals surface area contributed by atoms with Crippen LogP contribution in [-0.4, -0.2) is 14.6 Å². The van der Waals surface area contributed by atoms with Crippen molar-refractivity contribution in [3.05, 3.63) is 77.6 Å². The molecule has 1 atom stereocenters. The van der Waals surface area contributed by atoms with Crippen LogP contribution < -0.4 is 10.3 Å². The van der Waals surface area contributed by atoms with Gasteiger partial charge < -0.3 is 4.90 Å². The molecule has 0 saturated carbocycles. The van der Waals surface area contributed by atoms with Gasteiger partial charge in [-0.25, -0.2) is 9.66 Å². The Labute approximate surface area is 214 Å². The third kappa shape index (κ3) is 4.58. The van der Waals surface area contributed by atoms with Crippen LogP contribution in [0.4, 0.5) is 5.69 Å². The van der Waals surface area contributed by atoms with Gasteiger partial charge in [0.05, 0.1) is 29.5 Å². The van der Waals surface area contributed by atoms with Crippen LogP contribution in [0, 0.1) is 5.41 Å². The van der Waals surface area contributed by atoms with E-state index in [0.717, 1.165) is 66.0 Å². The molecule has 2 aromatic heterocycles. The van der Waals surface area contributed by atoms with Gasteiger partial charge in [0.2, 0.25) is 0 Å². The van der Waals surface area contributed by atoms with E-state index < -0.39 is 0 Å². The van der Waals surface area contributed by atoms with Crippen LogP contribution in [0.2, 0.25) is 5.02 Å². The fraction of sp³-hybridized carbons (Fsp3) is 0.448. The predicted octanol–water partition coefficient (Wildman–Crippen LogP) is 7.95. The van der Waals surface area contributed by atoms with Crippen molar-refractivity contribution >= 4 is 28.3 Å². The first kappa shape index (κ1) is 25.3. The topological polar surface area (TPSA) is 46.0 Å². The maximum absolute atomic E-state index is 6.39. The van der Waals surface area contributed by atoms with E-state index in [4.69, 9.17) is 16.6 Å². The zero-order valence-corrected chi connectivity index (χ0v) is 22.5. The number of aromatic nitrogens is 3. The zero-order valence-electron chi connectivity index (χ0n) is 21.8. The summed E-state index contributed by atoms with van der Waals surface area (Å²) in [5.74, 6) is 0.886. The fourth-order valence-electron chi connectivity index (χ4n) is 5.39. The van der Waals surface area contributed by atoms with Crippen LogP contribution in [0.25, 0.3) is 11.0 Å². The molecule has 0 fully saturated rings. The summed E-state index contributed by atoms with van der Waals surface area (Å²) in [7, 11) is 0. The minimum atomic E-state index is -0.0741. The molecule has 1 unspecified atom stereocenters. The summed E-state index contributed by atoms with van der Waals surface area (Å²) in [6, 6.07) is 7.98. The lowest BCUT2D eigenvalue weighted by atomic mass is 9.74. The fourth-order valence-corrected chi connectivity index (χ4v) is 5.56. The first-order chi connectivity index (χ1) is 16.7. The number of anilines is 1. The van der Waals surface area contributed by atoms with Crippen LogP contribution in [0.1, 0.15) is 78.1 Å². The SMILES string of the molecule is C=C(CC(C)(C)CC)Nn1c(CN2C(=C)C(CC)(CCC)c3ccncc32)nc2ccc(Cl)cc21. The zero-order chi connectivity index (χ0) is 25.4. The number of hydrogen-bond donors (Lipinski definition) is 1. The molecule has 0 saturated heterocycles. The molecule has 1 aromatic carbocycles. The van der Waals surface area contributed by atoms with E-state index in [2.05, 4.69) is 69.2 Å². The average Bonchev–Trinajstić information content (AvgIpc) is 3.27. The molecule has 0 amide bonds. The van der Waals surface area contributed by atoms with Gasteiger partial charge in [-0.15, -0.1) is 0 Å². The number of halogens is 1. The van der Waals surface area contributed by atoms with Gasteiger partial charge >= 0.3 is 0 Å². The molecule has 1 N–H and O–H groups in total. The van der Waals surface area contributed by atoms with Gasteiger partial charge in [-0.3, -0.25) is 10.4 Å². The molecule has 35 heavy (non-hydrogen) atoms. The minimum Gasteiger partial charge on any atom is -0.336 e. The van der Waals surface area contributed by atoms with Crippen LogP contribution in [0.3, 0.4) is 0 Å². The monoisotopic (exact) mass is 491 g/mol. The second-order valence-corrected chi connectivity index (χ2v) is 11.0. The number of nitrogens with one attached hydrogen (secondary N) is 1. The van der Waals surface area contributed by atoms with Gasteiger partial charge in [0.25, 0.3) is 0 Å². The number of pyridine rings is 1. The lowest BCUT2D eigenvalue weighted by Gasteiger charge is -2.32. The first-order valence-electron chi connectivity index (χ1n) is 12.7. The Balaban J connectivity index is 1.76. The van der Waals surface area contributed by atoms with Crippen LogP contribution in [0.15, 0.2) is 61.2 Å². The normalized spacial score (nSPS) is 17.8. The van der Waals surface area contributed by atoms with E-state index in [1.807, 2.05) is 35.3 Å². The Morgan fingerprint density at radius 3 is 2.66 bits per heavy atom. The molecule has 3 heterocycles. The van der Waals surface area contributed by atoms with Gasteiger partial charge in [0.1, 0.15) is 5.82 Å². The lowest BCUT2D eigenvalue weighted by molar-refractivity contribution is 0.347. The summed E-state index contributed by atoms with van der Waals surface area (Å²) in [6.45, 7) is 20.8. The minimum absolute atomic E-state index is 0.0741. The van der Waals surface area contributed by atoms with Crippen molar-refractivity contribution in [3.63, 3.8) is 0 Å². The van der Waals surface area contributed by atoms with Gasteiger partial charge in [-0.05, 0) is 54.5 Å². The van der Waals surface area contributed by atoms with Crippen molar-refractivity contribution in [2.75, 3.05) is 10.3 Å². The number of fused-ring (bicyclic) bond motifs is 2. The van der Waals surface area contributed by atoms with E-state index in [1.165, 1.54) is 5.56 Å². The average molecular weight is 492 g/mol. The molecular formula is C29H38ClN5. The van der Waals surface area contributed by atoms with E-state index in [-0.39, 0.29) is 10.8 Å². The molecule has 6 heteroatoms. The summed E-state index contributed by atoms with van der Waals surface area (Å²) in [4.78, 5) is 11.8. The quantitative estimate of drug-likeness (QED) is 0.312. The predicted molar refractivity (Wildman–Crippen MR) is 148 cm³/mol. The molecule has 0 bridgehead atoms. The van der Waals surface area contributed by atoms with Crippen molar-refractivity contribution in [2.24, 2.45) is 5.41 Å². The van der Waals surface area contributed by atoms with E-state index >= 15 is 0 Å². The molecule has 4 rings (SSSR count). The highest BCUT2D eigenvalue weighted by Crippen LogP contribution is 2.52. The molecular weight excluding hydrogens is 454 g/mol. The van der Waals surface area contributed by atoms with Crippen molar-refractivity contribution < 1.29 is 0 Å². The molecule has 186 valence electrons. The van der Waals surface area contributed by atoms with Crippen LogP contribution in [0.5, 0.6) is 0 Å². The van der Waals surface area contributed by atoms with Gasteiger partial charge in [0.15, 0.2) is 0 Å². The van der Waals surface area contributed by atoms with Crippen molar-refractivity contribution in [3.8, 4) is 0 Å². The number of allylic oxidation sites excluding steroid dienone is 2. The van der Waals surface area contributed by atoms with Gasteiger partial charge in [0, 0.05) is 28.0 Å². The number of imidazole rings is 1. The number of hydrogen-bond acceptors (Lipinski definition) is 4. The molecule has 1 aliphatic heterocycles. The van der Waals surface area contributed by atoms with Crippen molar-refractivity contribution in [1.29, 1.82) is 0 Å². The maximum atomic E-state index is 6.39. The van der Waals surface area contributed by atoms with Crippen molar-refractivity contribution in [2.45, 2.75) is 78.7 Å². The highest BCUT2D eigenvalue weighted by Gasteiger charge is 2.44. The third-order valence-electron chi connectivity index (χ3n) is 7.67. The largest absolute Gasteiger partial charge is 0.336 e. The van der Waals surface area contributed by atoms with E-state index in [9.17, 15) is 0 Å². The van der Waals surface area contributed by atoms with E-state index in [0.29, 0.717) is 11.6 Å². The standard InChI is InChI=1S/C29H38ClN5/c1-8-14-29(10-3)21(5)34(26-18-31-15-13-23(26)29)19-27-32-24-12-11-22(30)16-25(24)35(27)33-20(4)17-28(6,7)9-2/h11-13,15-16,18,33H,4-5,8-10,14,17,19H2,1-3,6-7H3. The Morgan fingerprint density at radius 1 is 1.20 bits per heavy atom. The Hall–Kier alpha value is -2.79. The summed E-state index contributed by atoms with van der Waals surface area (Å²) in [5, 5.41) is 0.680. The second kappa shape index (κ2) is 9.69. The second-order valence-electron chi connectivity index (χ2n) is 10.5. The number of nitrogens with zero attached hydrogens (tertiary/aromatic N) is 4. The summed E-state index contributed by atoms with van der Waals surface area (Å²) in [6.07, 6.45) is 8.95. The molecule has 5 nitrogen and oxygen atoms in total. The van der Waals surface area contributed by atoms with Crippen molar-refractivity contribution in [1.82, 2.24) is 14.6 Å². The Kier molecular flexibility index (Phi) is 7.01. The summed E-state index contributed by atoms with van der Waals surface area (Å²) < 4.78 is 2.05. The molecule has 0 radical (unpaired) electrons. The highest BCUT2D eigenvalue weighted by atomic mass is 35.5. The van der Waals surface area contributed by atoms with Crippen LogP contribution >= 0.6 is 11.6 Å². The van der Waals surface area contributed by atoms with Gasteiger partial charge in [-0.1, -0.05) is 72.2 Å². The highest BCUT2D eigenvalue weighted by molar-refractivity contribution is 6.31. The maximum Gasteiger partial charge on any atom is 0.148 e. The third-order valence-corrected chi connectivity index (χ3v) is 7.90. The van der Waals surface area contributed by atoms with E-state index in [1.54, 1.807) is 0 Å². The first-order valence-corrected chi connectivity index (χ1v) is 13.1. The Morgan fingerprint density at radius 2 is 1.97 bits per heavy atom. The summed E-state index contributed by atoms with van der Waals surface area (Å²) >= 11 is 6.39. The molecule has 0 aliphatic carbocycles. The van der Waals surface area contributed by atoms with Gasteiger partial charge in [-0.2, -0.15) is 0 Å². The molecule has 1 aliphatic rings. The Bertz CT molecular complexity index is 1260. The number of rotatable bonds is 10. The summed E-state index contributed by atoms with van der Waals surface area (Å²) in [5.41, 5.74) is 9.98. The lowest BCUT2D eigenvalue weighted by Crippen LogP contribution is -2.31. The number of benzene rings is 1.